The van der Waals surface area contributed by atoms with Crippen LogP contribution in [0.1, 0.15) is 0 Å². The van der Waals surface area contributed by atoms with Crippen molar-refractivity contribution in [3.63, 3.8) is 0 Å². The molecule has 0 rings (SSSR count). The van der Waals surface area contributed by atoms with Gasteiger partial charge in [-0.25, -0.2) is 0 Å². The Bertz CT molecular complexity index is 33.8. The van der Waals surface area contributed by atoms with Crippen molar-refractivity contribution in [2.24, 2.45) is 0 Å². The predicted molar refractivity (Wildman–Crippen MR) is 5.40 cm³/mol. The minimum Gasteiger partial charge on any atom is -0.652 e. The molecule has 0 aromatic heterocycles. The van der Waals surface area contributed by atoms with E-state index >= 15 is 0 Å². The predicted octanol–water partition coefficient (Wildman–Crippen LogP) is -5.45. The fraction of sp³-hybridized carbons (Fsp3) is 0. The smallest absolute Gasteiger partial charge is 0.652 e. The fourth-order valence-electron chi connectivity index (χ4n) is 0. The Kier molecular flexibility index (Phi) is 24.5. The minimum atomic E-state index is -2.33. The van der Waals surface area contributed by atoms with Crippen LogP contribution in [0.15, 0.2) is 0 Å². The van der Waals surface area contributed by atoms with Crippen molar-refractivity contribution in [1.82, 2.24) is 0 Å². The number of hydrogen-bond donors (Lipinski definition) is 0. The molecule has 0 spiro atoms. The number of carbonyl (C=O) groups excluding carboxylic acids is 1. The van der Waals surface area contributed by atoms with Crippen molar-refractivity contribution in [3.8, 4) is 0 Å². The monoisotopic (exact) mass is 275 g/mol. The Balaban J connectivity index is -0.0000000450. The quantitative estimate of drug-likeness (QED) is 0.414. The van der Waals surface area contributed by atoms with Crippen molar-refractivity contribution in [2.75, 3.05) is 0 Å². The Labute approximate surface area is 70.1 Å². The molecule has 0 radical (unpaired) electrons. The van der Waals surface area contributed by atoms with Crippen LogP contribution in [-0.2, 0) is 19.8 Å². The SMILES string of the molecule is O=C([O-])[O-].[Na+].[Os+4]. The summed E-state index contributed by atoms with van der Waals surface area (Å²) in [6.07, 6.45) is -2.33. The molecule has 28 valence electrons. The molecule has 0 atom stereocenters. The van der Waals surface area contributed by atoms with E-state index in [-0.39, 0.29) is 49.3 Å². The standard InChI is InChI=1S/CH2O3.Na.Os/c2-1(3)4;;/h(H2,2,3,4);;/q;+1;+4/p-2. The summed E-state index contributed by atoms with van der Waals surface area (Å²) in [6.45, 7) is 0. The number of carbonyl (C=O) groups is 1. The van der Waals surface area contributed by atoms with Gasteiger partial charge in [0.15, 0.2) is 0 Å². The van der Waals surface area contributed by atoms with Gasteiger partial charge in [-0.05, 0) is 6.16 Å². The summed E-state index contributed by atoms with van der Waals surface area (Å²) in [5, 5.41) is 16.7. The molecule has 0 aliphatic heterocycles. The summed E-state index contributed by atoms with van der Waals surface area (Å²) in [7, 11) is 0. The second-order valence-electron chi connectivity index (χ2n) is 0.250. The zero-order valence-corrected chi connectivity index (χ0v) is 7.62. The van der Waals surface area contributed by atoms with Crippen LogP contribution in [0.2, 0.25) is 0 Å². The van der Waals surface area contributed by atoms with E-state index in [4.69, 9.17) is 15.0 Å². The number of carboxylic acid groups (broad SMARTS) is 2. The Morgan fingerprint density at radius 3 is 1.33 bits per heavy atom. The topological polar surface area (TPSA) is 63.2 Å². The molecular weight excluding hydrogens is 273 g/mol. The first-order valence-corrected chi connectivity index (χ1v) is 0.612. The van der Waals surface area contributed by atoms with Crippen LogP contribution in [0.5, 0.6) is 0 Å². The van der Waals surface area contributed by atoms with Gasteiger partial charge in [0.1, 0.15) is 0 Å². The van der Waals surface area contributed by atoms with Crippen molar-refractivity contribution < 1.29 is 64.4 Å². The average molecular weight is 273 g/mol. The van der Waals surface area contributed by atoms with Gasteiger partial charge in [0.05, 0.1) is 0 Å². The van der Waals surface area contributed by atoms with Gasteiger partial charge < -0.3 is 15.0 Å². The van der Waals surface area contributed by atoms with E-state index in [1.807, 2.05) is 0 Å². The summed E-state index contributed by atoms with van der Waals surface area (Å²) < 4.78 is 0. The Morgan fingerprint density at radius 1 is 1.33 bits per heavy atom. The maximum atomic E-state index is 8.33. The van der Waals surface area contributed by atoms with Crippen LogP contribution in [-0.4, -0.2) is 6.16 Å². The zero-order chi connectivity index (χ0) is 3.58. The molecule has 0 N–H and O–H groups in total. The van der Waals surface area contributed by atoms with Crippen LogP contribution in [0.25, 0.3) is 0 Å². The van der Waals surface area contributed by atoms with Gasteiger partial charge in [-0.15, -0.1) is 0 Å². The largest absolute Gasteiger partial charge is 4.00 e. The molecule has 6 heavy (non-hydrogen) atoms. The molecule has 0 unspecified atom stereocenters. The van der Waals surface area contributed by atoms with E-state index in [2.05, 4.69) is 0 Å². The van der Waals surface area contributed by atoms with Crippen LogP contribution in [0.4, 0.5) is 4.79 Å². The molecule has 0 aliphatic rings. The summed E-state index contributed by atoms with van der Waals surface area (Å²) >= 11 is 0. The average Bonchev–Trinajstić information content (AvgIpc) is 0.811. The van der Waals surface area contributed by atoms with E-state index in [1.165, 1.54) is 0 Å². The summed E-state index contributed by atoms with van der Waals surface area (Å²) in [4.78, 5) is 8.33. The molecule has 0 bridgehead atoms. The summed E-state index contributed by atoms with van der Waals surface area (Å²) in [6, 6.07) is 0. The van der Waals surface area contributed by atoms with Crippen molar-refractivity contribution in [2.45, 2.75) is 0 Å². The van der Waals surface area contributed by atoms with Crippen molar-refractivity contribution >= 4 is 6.16 Å². The number of hydrogen-bond acceptors (Lipinski definition) is 3. The van der Waals surface area contributed by atoms with Crippen molar-refractivity contribution in [1.29, 1.82) is 0 Å². The maximum absolute atomic E-state index is 8.33. The van der Waals surface area contributed by atoms with E-state index in [9.17, 15) is 0 Å². The van der Waals surface area contributed by atoms with Crippen LogP contribution < -0.4 is 39.8 Å². The Morgan fingerprint density at radius 2 is 1.33 bits per heavy atom. The van der Waals surface area contributed by atoms with Crippen molar-refractivity contribution in [3.05, 3.63) is 0 Å². The first-order chi connectivity index (χ1) is 1.73. The second kappa shape index (κ2) is 9.32. The zero-order valence-electron chi connectivity index (χ0n) is 3.08. The molecule has 0 fully saturated rings. The molecule has 0 aromatic carbocycles. The van der Waals surface area contributed by atoms with Gasteiger partial charge in [0, 0.05) is 0 Å². The normalized spacial score (nSPS) is 4.00. The molecule has 0 amide bonds. The van der Waals surface area contributed by atoms with E-state index < -0.39 is 6.16 Å². The van der Waals surface area contributed by atoms with E-state index in [1.54, 1.807) is 0 Å². The summed E-state index contributed by atoms with van der Waals surface area (Å²) in [5.41, 5.74) is 0. The molecule has 0 saturated carbocycles. The van der Waals surface area contributed by atoms with Crippen LogP contribution in [0.3, 0.4) is 0 Å². The van der Waals surface area contributed by atoms with Gasteiger partial charge >= 0.3 is 49.3 Å². The van der Waals surface area contributed by atoms with Crippen LogP contribution >= 0.6 is 0 Å². The third-order valence-electron chi connectivity index (χ3n) is 0. The van der Waals surface area contributed by atoms with Gasteiger partial charge in [-0.2, -0.15) is 0 Å². The molecule has 0 heterocycles. The van der Waals surface area contributed by atoms with Crippen LogP contribution in [0, 0.1) is 0 Å². The van der Waals surface area contributed by atoms with Gasteiger partial charge in [-0.1, -0.05) is 0 Å². The second-order valence-corrected chi connectivity index (χ2v) is 0.250. The van der Waals surface area contributed by atoms with Gasteiger partial charge in [0.25, 0.3) is 0 Å². The Hall–Kier alpha value is 0.906. The maximum Gasteiger partial charge on any atom is 4.00 e. The number of rotatable bonds is 0. The summed E-state index contributed by atoms with van der Waals surface area (Å²) in [5.74, 6) is 0. The first kappa shape index (κ1) is 15.8. The van der Waals surface area contributed by atoms with Gasteiger partial charge in [-0.3, -0.25) is 0 Å². The molecule has 0 aliphatic carbocycles. The third-order valence-corrected chi connectivity index (χ3v) is 0. The fourth-order valence-corrected chi connectivity index (χ4v) is 0. The molecule has 0 aromatic rings. The molecular formula is CNaO3Os+3. The minimum absolute atomic E-state index is 0. The van der Waals surface area contributed by atoms with E-state index in [0.717, 1.165) is 0 Å². The first-order valence-electron chi connectivity index (χ1n) is 0.612. The van der Waals surface area contributed by atoms with E-state index in [0.29, 0.717) is 0 Å². The molecule has 3 nitrogen and oxygen atoms in total. The van der Waals surface area contributed by atoms with Gasteiger partial charge in [0.2, 0.25) is 0 Å². The third kappa shape index (κ3) is 91.1. The molecule has 5 heteroatoms. The molecule has 0 saturated heterocycles.